The Morgan fingerprint density at radius 2 is 1.56 bits per heavy atom. The van der Waals surface area contributed by atoms with Gasteiger partial charge in [0.15, 0.2) is 0 Å². The topological polar surface area (TPSA) is 12.0 Å². The number of nitrogens with one attached hydrogen (secondary N) is 1. The molecule has 0 aliphatic heterocycles. The maximum absolute atomic E-state index is 3.67. The van der Waals surface area contributed by atoms with E-state index in [-0.39, 0.29) is 0 Å². The first kappa shape index (κ1) is 14.4. The van der Waals surface area contributed by atoms with Crippen molar-refractivity contribution in [3.8, 4) is 0 Å². The quantitative estimate of drug-likeness (QED) is 0.777. The largest absolute Gasteiger partial charge is 0.316 e. The standard InChI is InChI=1S/C17H33N/c1-13(2)8-18-9-14-7-17(14)11-15(3,4)10-16(5,6)12-17/h13-14,18H,7-12H2,1-6H3. The van der Waals surface area contributed by atoms with Crippen LogP contribution in [0.25, 0.3) is 0 Å². The molecule has 1 spiro atoms. The van der Waals surface area contributed by atoms with E-state index in [2.05, 4.69) is 46.9 Å². The van der Waals surface area contributed by atoms with Crippen LogP contribution < -0.4 is 5.32 Å². The van der Waals surface area contributed by atoms with Crippen LogP contribution in [0.4, 0.5) is 0 Å². The van der Waals surface area contributed by atoms with Gasteiger partial charge < -0.3 is 5.32 Å². The van der Waals surface area contributed by atoms with E-state index in [1.807, 2.05) is 0 Å². The summed E-state index contributed by atoms with van der Waals surface area (Å²) >= 11 is 0. The van der Waals surface area contributed by atoms with Gasteiger partial charge in [-0.05, 0) is 66.9 Å². The second-order valence-electron chi connectivity index (χ2n) is 9.17. The van der Waals surface area contributed by atoms with Crippen molar-refractivity contribution in [1.29, 1.82) is 0 Å². The number of hydrogen-bond donors (Lipinski definition) is 1. The minimum Gasteiger partial charge on any atom is -0.316 e. The van der Waals surface area contributed by atoms with Gasteiger partial charge in [-0.15, -0.1) is 0 Å². The summed E-state index contributed by atoms with van der Waals surface area (Å²) in [6.45, 7) is 16.9. The fourth-order valence-electron chi connectivity index (χ4n) is 5.09. The van der Waals surface area contributed by atoms with Gasteiger partial charge in [0, 0.05) is 0 Å². The molecule has 1 nitrogen and oxygen atoms in total. The van der Waals surface area contributed by atoms with Crippen molar-refractivity contribution in [2.24, 2.45) is 28.1 Å². The molecule has 1 atom stereocenters. The maximum atomic E-state index is 3.67. The summed E-state index contributed by atoms with van der Waals surface area (Å²) in [6.07, 6.45) is 5.79. The fraction of sp³-hybridized carbons (Fsp3) is 1.00. The van der Waals surface area contributed by atoms with Crippen LogP contribution in [-0.4, -0.2) is 13.1 Å². The lowest BCUT2D eigenvalue weighted by molar-refractivity contribution is 0.0466. The molecule has 2 aliphatic rings. The molecule has 0 bridgehead atoms. The molecular weight excluding hydrogens is 218 g/mol. The molecule has 0 radical (unpaired) electrons. The Kier molecular flexibility index (Phi) is 3.60. The smallest absolute Gasteiger partial charge is 0.00149 e. The van der Waals surface area contributed by atoms with Crippen molar-refractivity contribution in [3.05, 3.63) is 0 Å². The van der Waals surface area contributed by atoms with E-state index in [9.17, 15) is 0 Å². The van der Waals surface area contributed by atoms with Crippen molar-refractivity contribution in [2.75, 3.05) is 13.1 Å². The van der Waals surface area contributed by atoms with Gasteiger partial charge in [0.05, 0.1) is 0 Å². The Balaban J connectivity index is 1.90. The lowest BCUT2D eigenvalue weighted by atomic mass is 9.59. The lowest BCUT2D eigenvalue weighted by Crippen LogP contribution is -2.36. The Hall–Kier alpha value is -0.0400. The zero-order valence-corrected chi connectivity index (χ0v) is 13.4. The summed E-state index contributed by atoms with van der Waals surface area (Å²) < 4.78 is 0. The van der Waals surface area contributed by atoms with E-state index in [0.29, 0.717) is 16.2 Å². The summed E-state index contributed by atoms with van der Waals surface area (Å²) in [5.41, 5.74) is 1.79. The highest BCUT2D eigenvalue weighted by Gasteiger charge is 2.60. The Labute approximate surface area is 114 Å². The van der Waals surface area contributed by atoms with Gasteiger partial charge in [-0.3, -0.25) is 0 Å². The number of hydrogen-bond acceptors (Lipinski definition) is 1. The monoisotopic (exact) mass is 251 g/mol. The molecule has 0 saturated heterocycles. The molecule has 1 N–H and O–H groups in total. The fourth-order valence-corrected chi connectivity index (χ4v) is 5.09. The normalized spacial score (nSPS) is 31.8. The van der Waals surface area contributed by atoms with Crippen LogP contribution in [0.15, 0.2) is 0 Å². The molecule has 0 aromatic carbocycles. The van der Waals surface area contributed by atoms with Crippen molar-refractivity contribution in [2.45, 2.75) is 67.2 Å². The first-order chi connectivity index (χ1) is 8.14. The molecule has 106 valence electrons. The molecule has 18 heavy (non-hydrogen) atoms. The number of rotatable bonds is 4. The molecule has 2 saturated carbocycles. The third-order valence-corrected chi connectivity index (χ3v) is 4.92. The molecule has 2 rings (SSSR count). The molecular formula is C17H33N. The van der Waals surface area contributed by atoms with Crippen LogP contribution >= 0.6 is 0 Å². The van der Waals surface area contributed by atoms with Crippen molar-refractivity contribution in [1.82, 2.24) is 5.32 Å². The first-order valence-corrected chi connectivity index (χ1v) is 7.85. The first-order valence-electron chi connectivity index (χ1n) is 7.85. The molecule has 0 aromatic rings. The Morgan fingerprint density at radius 3 is 2.06 bits per heavy atom. The third kappa shape index (κ3) is 3.29. The van der Waals surface area contributed by atoms with E-state index >= 15 is 0 Å². The van der Waals surface area contributed by atoms with E-state index < -0.39 is 0 Å². The predicted octanol–water partition coefficient (Wildman–Crippen LogP) is 4.47. The second kappa shape index (κ2) is 4.51. The van der Waals surface area contributed by atoms with Gasteiger partial charge >= 0.3 is 0 Å². The summed E-state index contributed by atoms with van der Waals surface area (Å²) in [4.78, 5) is 0. The van der Waals surface area contributed by atoms with Crippen molar-refractivity contribution < 1.29 is 0 Å². The molecule has 1 unspecified atom stereocenters. The average Bonchev–Trinajstić information content (AvgIpc) is 2.69. The lowest BCUT2D eigenvalue weighted by Gasteiger charge is -2.46. The van der Waals surface area contributed by atoms with Gasteiger partial charge in [-0.2, -0.15) is 0 Å². The summed E-state index contributed by atoms with van der Waals surface area (Å²) in [5.74, 6) is 1.73. The van der Waals surface area contributed by atoms with Gasteiger partial charge in [-0.1, -0.05) is 41.5 Å². The van der Waals surface area contributed by atoms with Crippen LogP contribution in [0.2, 0.25) is 0 Å². The highest BCUT2D eigenvalue weighted by Crippen LogP contribution is 2.68. The second-order valence-corrected chi connectivity index (χ2v) is 9.17. The SMILES string of the molecule is CC(C)CNCC1CC12CC(C)(C)CC(C)(C)C2. The minimum absolute atomic E-state index is 0.550. The van der Waals surface area contributed by atoms with E-state index in [4.69, 9.17) is 0 Å². The zero-order valence-electron chi connectivity index (χ0n) is 13.4. The van der Waals surface area contributed by atoms with Crippen LogP contribution in [-0.2, 0) is 0 Å². The highest BCUT2D eigenvalue weighted by molar-refractivity contribution is 5.10. The molecule has 0 amide bonds. The van der Waals surface area contributed by atoms with Crippen molar-refractivity contribution >= 4 is 0 Å². The van der Waals surface area contributed by atoms with E-state index in [1.54, 1.807) is 0 Å². The summed E-state index contributed by atoms with van der Waals surface area (Å²) in [6, 6.07) is 0. The van der Waals surface area contributed by atoms with Gasteiger partial charge in [-0.25, -0.2) is 0 Å². The zero-order chi connectivity index (χ0) is 13.6. The third-order valence-electron chi connectivity index (χ3n) is 4.92. The van der Waals surface area contributed by atoms with Crippen LogP contribution in [0.3, 0.4) is 0 Å². The maximum Gasteiger partial charge on any atom is -0.00149 e. The Bertz CT molecular complexity index is 285. The van der Waals surface area contributed by atoms with Crippen LogP contribution in [0.1, 0.15) is 67.2 Å². The highest BCUT2D eigenvalue weighted by atomic mass is 14.9. The molecule has 2 fully saturated rings. The van der Waals surface area contributed by atoms with E-state index in [1.165, 1.54) is 38.8 Å². The van der Waals surface area contributed by atoms with Gasteiger partial charge in [0.1, 0.15) is 0 Å². The predicted molar refractivity (Wildman–Crippen MR) is 79.7 cm³/mol. The van der Waals surface area contributed by atoms with Crippen LogP contribution in [0.5, 0.6) is 0 Å². The minimum atomic E-state index is 0.550. The summed E-state index contributed by atoms with van der Waals surface area (Å²) in [5, 5.41) is 3.67. The van der Waals surface area contributed by atoms with Gasteiger partial charge in [0.2, 0.25) is 0 Å². The summed E-state index contributed by atoms with van der Waals surface area (Å²) in [7, 11) is 0. The average molecular weight is 251 g/mol. The molecule has 0 heterocycles. The molecule has 1 heteroatoms. The van der Waals surface area contributed by atoms with Crippen LogP contribution in [0, 0.1) is 28.1 Å². The Morgan fingerprint density at radius 1 is 1.00 bits per heavy atom. The van der Waals surface area contributed by atoms with E-state index in [0.717, 1.165) is 11.8 Å². The van der Waals surface area contributed by atoms with Crippen molar-refractivity contribution in [3.63, 3.8) is 0 Å². The van der Waals surface area contributed by atoms with Gasteiger partial charge in [0.25, 0.3) is 0 Å². The molecule has 2 aliphatic carbocycles. The molecule has 0 aromatic heterocycles.